The second-order valence-electron chi connectivity index (χ2n) is 10.0. The van der Waals surface area contributed by atoms with Crippen molar-refractivity contribution in [2.75, 3.05) is 23.3 Å². The summed E-state index contributed by atoms with van der Waals surface area (Å²) in [7, 11) is 0. The van der Waals surface area contributed by atoms with Gasteiger partial charge in [-0.15, -0.1) is 0 Å². The monoisotopic (exact) mass is 539 g/mol. The van der Waals surface area contributed by atoms with Crippen molar-refractivity contribution < 1.29 is 22.7 Å². The molecule has 0 aliphatic carbocycles. The second-order valence-corrected chi connectivity index (χ2v) is 10.0. The van der Waals surface area contributed by atoms with Crippen LogP contribution in [0.5, 0.6) is 0 Å². The largest absolute Gasteiger partial charge is 0.444 e. The van der Waals surface area contributed by atoms with Crippen LogP contribution in [0.25, 0.3) is 28.3 Å². The number of halogens is 3. The van der Waals surface area contributed by atoms with Gasteiger partial charge in [-0.3, -0.25) is 4.79 Å². The van der Waals surface area contributed by atoms with Crippen LogP contribution in [0.15, 0.2) is 64.3 Å². The number of aliphatic hydroxyl groups is 1. The minimum atomic E-state index is -4.73. The summed E-state index contributed by atoms with van der Waals surface area (Å²) in [6.45, 7) is 6.32. The zero-order valence-corrected chi connectivity index (χ0v) is 21.7. The summed E-state index contributed by atoms with van der Waals surface area (Å²) < 4.78 is 48.9. The van der Waals surface area contributed by atoms with Gasteiger partial charge in [0.2, 0.25) is 0 Å². The smallest absolute Gasteiger partial charge is 0.418 e. The van der Waals surface area contributed by atoms with Crippen molar-refractivity contribution in [2.45, 2.75) is 45.5 Å². The van der Waals surface area contributed by atoms with E-state index >= 15 is 0 Å². The summed E-state index contributed by atoms with van der Waals surface area (Å²) in [6, 6.07) is 10.5. The molecule has 0 saturated carbocycles. The minimum Gasteiger partial charge on any atom is -0.444 e. The number of oxazole rings is 1. The normalized spacial score (nSPS) is 15.8. The standard InChI is InChI=1S/C28H28F3N5O3/c1-16(2)33-24-12-23(18-8-17(3)9-19(10-18)26-13-32-15-39-26)34-36(27(24)38)25-11-20(35-7-6-21(37)14-35)4-5-22(25)28(29,30)31/h4-5,8-13,15-16,21,33,37H,6-7,14H2,1-3H3. The zero-order valence-electron chi connectivity index (χ0n) is 21.7. The molecule has 3 heterocycles. The minimum absolute atomic E-state index is 0.118. The molecule has 0 spiro atoms. The first-order chi connectivity index (χ1) is 18.5. The van der Waals surface area contributed by atoms with Crippen molar-refractivity contribution >= 4 is 11.4 Å². The molecule has 0 amide bonds. The third-order valence-corrected chi connectivity index (χ3v) is 6.49. The lowest BCUT2D eigenvalue weighted by atomic mass is 10.0. The van der Waals surface area contributed by atoms with Gasteiger partial charge >= 0.3 is 6.18 Å². The molecule has 1 fully saturated rings. The fraction of sp³-hybridized carbons (Fsp3) is 0.321. The maximum atomic E-state index is 14.2. The van der Waals surface area contributed by atoms with Crippen LogP contribution in [0.1, 0.15) is 31.4 Å². The van der Waals surface area contributed by atoms with E-state index in [2.05, 4.69) is 15.4 Å². The van der Waals surface area contributed by atoms with Gasteiger partial charge in [0.15, 0.2) is 12.2 Å². The highest BCUT2D eigenvalue weighted by Crippen LogP contribution is 2.37. The number of nitrogens with one attached hydrogen (secondary N) is 1. The van der Waals surface area contributed by atoms with Crippen LogP contribution in [-0.4, -0.2) is 45.1 Å². The van der Waals surface area contributed by atoms with Crippen LogP contribution in [0.3, 0.4) is 0 Å². The molecule has 4 aromatic rings. The Morgan fingerprint density at radius 1 is 1.13 bits per heavy atom. The number of rotatable bonds is 6. The molecule has 1 unspecified atom stereocenters. The van der Waals surface area contributed by atoms with E-state index in [9.17, 15) is 23.1 Å². The second kappa shape index (κ2) is 10.2. The molecule has 11 heteroatoms. The lowest BCUT2D eigenvalue weighted by Gasteiger charge is -2.22. The predicted molar refractivity (Wildman–Crippen MR) is 142 cm³/mol. The third-order valence-electron chi connectivity index (χ3n) is 6.49. The molecule has 2 N–H and O–H groups in total. The van der Waals surface area contributed by atoms with Crippen LogP contribution >= 0.6 is 0 Å². The molecule has 204 valence electrons. The summed E-state index contributed by atoms with van der Waals surface area (Å²) in [5.41, 5.74) is 0.978. The number of hydrogen-bond donors (Lipinski definition) is 2. The Morgan fingerprint density at radius 3 is 2.54 bits per heavy atom. The number of nitrogens with zero attached hydrogens (tertiary/aromatic N) is 4. The van der Waals surface area contributed by atoms with E-state index in [-0.39, 0.29) is 17.4 Å². The summed E-state index contributed by atoms with van der Waals surface area (Å²) in [5.74, 6) is 0.522. The van der Waals surface area contributed by atoms with Crippen molar-refractivity contribution in [3.8, 4) is 28.3 Å². The summed E-state index contributed by atoms with van der Waals surface area (Å²) in [5, 5.41) is 17.5. The number of benzene rings is 2. The van der Waals surface area contributed by atoms with Gasteiger partial charge in [-0.2, -0.15) is 23.0 Å². The van der Waals surface area contributed by atoms with Crippen molar-refractivity contribution in [1.29, 1.82) is 0 Å². The van der Waals surface area contributed by atoms with Crippen LogP contribution in [0, 0.1) is 6.92 Å². The Hall–Kier alpha value is -4.12. The van der Waals surface area contributed by atoms with E-state index in [1.165, 1.54) is 18.5 Å². The highest BCUT2D eigenvalue weighted by molar-refractivity contribution is 5.72. The maximum absolute atomic E-state index is 14.2. The van der Waals surface area contributed by atoms with Crippen molar-refractivity contribution in [3.63, 3.8) is 0 Å². The molecule has 1 saturated heterocycles. The molecule has 0 radical (unpaired) electrons. The highest BCUT2D eigenvalue weighted by atomic mass is 19.4. The van der Waals surface area contributed by atoms with Gasteiger partial charge in [-0.25, -0.2) is 4.98 Å². The lowest BCUT2D eigenvalue weighted by molar-refractivity contribution is -0.137. The molecule has 5 rings (SSSR count). The number of aromatic nitrogens is 3. The van der Waals surface area contributed by atoms with Crippen molar-refractivity contribution in [1.82, 2.24) is 14.8 Å². The zero-order chi connectivity index (χ0) is 27.9. The van der Waals surface area contributed by atoms with Gasteiger partial charge < -0.3 is 19.7 Å². The van der Waals surface area contributed by atoms with Gasteiger partial charge in [0.1, 0.15) is 5.69 Å². The van der Waals surface area contributed by atoms with E-state index in [0.717, 1.165) is 16.3 Å². The molecule has 8 nitrogen and oxygen atoms in total. The maximum Gasteiger partial charge on any atom is 0.418 e. The van der Waals surface area contributed by atoms with Crippen molar-refractivity contribution in [3.05, 3.63) is 76.5 Å². The molecule has 1 aliphatic heterocycles. The fourth-order valence-corrected chi connectivity index (χ4v) is 4.75. The Morgan fingerprint density at radius 2 is 1.90 bits per heavy atom. The number of β-amino-alcohol motifs (C(OH)–C–C–N with tert-alkyl or cyclic N) is 1. The molecule has 2 aromatic heterocycles. The van der Waals surface area contributed by atoms with Crippen LogP contribution in [0.4, 0.5) is 24.5 Å². The molecule has 1 aliphatic rings. The number of hydrogen-bond acceptors (Lipinski definition) is 7. The van der Waals surface area contributed by atoms with Crippen LogP contribution in [0.2, 0.25) is 0 Å². The third kappa shape index (κ3) is 5.53. The van der Waals surface area contributed by atoms with Gasteiger partial charge in [0, 0.05) is 35.9 Å². The number of anilines is 2. The number of aliphatic hydroxyl groups excluding tert-OH is 1. The Labute approximate surface area is 222 Å². The molecule has 0 bridgehead atoms. The van der Waals surface area contributed by atoms with E-state index in [0.29, 0.717) is 47.8 Å². The van der Waals surface area contributed by atoms with E-state index in [1.54, 1.807) is 23.2 Å². The fourth-order valence-electron chi connectivity index (χ4n) is 4.75. The number of aryl methyl sites for hydroxylation is 1. The average molecular weight is 540 g/mol. The van der Waals surface area contributed by atoms with E-state index < -0.39 is 23.4 Å². The highest BCUT2D eigenvalue weighted by Gasteiger charge is 2.36. The quantitative estimate of drug-likeness (QED) is 0.345. The van der Waals surface area contributed by atoms with Gasteiger partial charge in [0.05, 0.1) is 29.2 Å². The van der Waals surface area contributed by atoms with E-state index in [4.69, 9.17) is 4.42 Å². The molecule has 2 aromatic carbocycles. The topological polar surface area (TPSA) is 96.4 Å². The van der Waals surface area contributed by atoms with Gasteiger partial charge in [-0.05, 0) is 75.2 Å². The van der Waals surface area contributed by atoms with Gasteiger partial charge in [0.25, 0.3) is 5.56 Å². The predicted octanol–water partition coefficient (Wildman–Crippen LogP) is 5.27. The van der Waals surface area contributed by atoms with Crippen LogP contribution in [-0.2, 0) is 6.18 Å². The first-order valence-corrected chi connectivity index (χ1v) is 12.6. The summed E-state index contributed by atoms with van der Waals surface area (Å²) in [4.78, 5) is 19.3. The average Bonchev–Trinajstić information content (AvgIpc) is 3.56. The van der Waals surface area contributed by atoms with E-state index in [1.807, 2.05) is 32.9 Å². The van der Waals surface area contributed by atoms with Crippen molar-refractivity contribution in [2.24, 2.45) is 0 Å². The molecular weight excluding hydrogens is 511 g/mol. The molecule has 1 atom stereocenters. The number of alkyl halides is 3. The summed E-state index contributed by atoms with van der Waals surface area (Å²) >= 11 is 0. The lowest BCUT2D eigenvalue weighted by Crippen LogP contribution is -2.29. The Kier molecular flexibility index (Phi) is 6.94. The Balaban J connectivity index is 1.73. The molecular formula is C28H28F3N5O3. The molecule has 39 heavy (non-hydrogen) atoms. The summed E-state index contributed by atoms with van der Waals surface area (Å²) in [6.07, 6.45) is -1.92. The Bertz CT molecular complexity index is 1550. The SMILES string of the molecule is Cc1cc(-c2cc(NC(C)C)c(=O)n(-c3cc(N4CCC(O)C4)ccc3C(F)(F)F)n2)cc(-c2cnco2)c1. The first-order valence-electron chi connectivity index (χ1n) is 12.6. The van der Waals surface area contributed by atoms with Gasteiger partial charge in [-0.1, -0.05) is 0 Å². The first kappa shape index (κ1) is 26.5. The van der Waals surface area contributed by atoms with Crippen LogP contribution < -0.4 is 15.8 Å².